The topological polar surface area (TPSA) is 132 Å². The number of fused-ring (bicyclic) bond motifs is 1. The summed E-state index contributed by atoms with van der Waals surface area (Å²) in [5, 5.41) is 17.8. The van der Waals surface area contributed by atoms with Gasteiger partial charge in [0, 0.05) is 31.0 Å². The summed E-state index contributed by atoms with van der Waals surface area (Å²) in [5.74, 6) is -0.292. The van der Waals surface area contributed by atoms with Crippen molar-refractivity contribution in [3.8, 4) is 5.82 Å². The summed E-state index contributed by atoms with van der Waals surface area (Å²) >= 11 is 0. The van der Waals surface area contributed by atoms with Crippen molar-refractivity contribution in [1.82, 2.24) is 20.1 Å². The van der Waals surface area contributed by atoms with Crippen molar-refractivity contribution >= 4 is 11.9 Å². The van der Waals surface area contributed by atoms with E-state index in [0.717, 1.165) is 22.3 Å². The summed E-state index contributed by atoms with van der Waals surface area (Å²) in [6, 6.07) is 7.15. The first kappa shape index (κ1) is 19.7. The van der Waals surface area contributed by atoms with Crippen LogP contribution in [0, 0.1) is 6.92 Å². The fraction of sp³-hybridized carbons (Fsp3) is 0.238. The van der Waals surface area contributed by atoms with Crippen LogP contribution >= 0.6 is 0 Å². The number of rotatable bonds is 7. The standard InChI is InChI=1S/C21H21N5O4/c1-12-15(3-4-16-17(12)11-30-21(16)29)18(27)9-23-6-13-2-5-19(24-7-13)26-10-14(8-25-26)20(22)28/h2-5,7-8,10,18,23,27H,6,9,11H2,1H3,(H2,22,28). The molecule has 9 heteroatoms. The van der Waals surface area contributed by atoms with Crippen molar-refractivity contribution in [1.29, 1.82) is 0 Å². The monoisotopic (exact) mass is 407 g/mol. The Morgan fingerprint density at radius 3 is 2.87 bits per heavy atom. The quantitative estimate of drug-likeness (QED) is 0.501. The zero-order chi connectivity index (χ0) is 21.3. The van der Waals surface area contributed by atoms with Crippen molar-refractivity contribution in [3.05, 3.63) is 76.2 Å². The van der Waals surface area contributed by atoms with E-state index in [1.807, 2.05) is 13.0 Å². The van der Waals surface area contributed by atoms with E-state index >= 15 is 0 Å². The fourth-order valence-electron chi connectivity index (χ4n) is 3.42. The number of esters is 1. The SMILES string of the molecule is Cc1c(C(O)CNCc2ccc(-n3cc(C(N)=O)cn3)nc2)ccc2c1COC2=O. The largest absolute Gasteiger partial charge is 0.457 e. The van der Waals surface area contributed by atoms with E-state index in [-0.39, 0.29) is 12.6 Å². The molecule has 3 aromatic rings. The molecule has 2 aromatic heterocycles. The zero-order valence-corrected chi connectivity index (χ0v) is 16.3. The van der Waals surface area contributed by atoms with Crippen molar-refractivity contribution < 1.29 is 19.4 Å². The average molecular weight is 407 g/mol. The van der Waals surface area contributed by atoms with Gasteiger partial charge in [-0.15, -0.1) is 0 Å². The van der Waals surface area contributed by atoms with Gasteiger partial charge >= 0.3 is 5.97 Å². The maximum atomic E-state index is 11.6. The van der Waals surface area contributed by atoms with Crippen molar-refractivity contribution in [2.75, 3.05) is 6.54 Å². The smallest absolute Gasteiger partial charge is 0.338 e. The summed E-state index contributed by atoms with van der Waals surface area (Å²) < 4.78 is 6.54. The van der Waals surface area contributed by atoms with Gasteiger partial charge in [0.1, 0.15) is 6.61 Å². The molecule has 0 spiro atoms. The minimum Gasteiger partial charge on any atom is -0.457 e. The molecule has 0 radical (unpaired) electrons. The Hall–Kier alpha value is -3.56. The lowest BCUT2D eigenvalue weighted by Crippen LogP contribution is -2.22. The first-order valence-corrected chi connectivity index (χ1v) is 9.42. The minimum absolute atomic E-state index is 0.253. The van der Waals surface area contributed by atoms with Crippen LogP contribution in [-0.4, -0.2) is 38.3 Å². The van der Waals surface area contributed by atoms with Gasteiger partial charge in [0.15, 0.2) is 5.82 Å². The molecule has 0 saturated heterocycles. The van der Waals surface area contributed by atoms with Gasteiger partial charge in [-0.1, -0.05) is 12.1 Å². The van der Waals surface area contributed by atoms with Crippen LogP contribution in [0.3, 0.4) is 0 Å². The lowest BCUT2D eigenvalue weighted by atomic mass is 9.95. The maximum absolute atomic E-state index is 11.6. The highest BCUT2D eigenvalue weighted by Gasteiger charge is 2.25. The van der Waals surface area contributed by atoms with Gasteiger partial charge in [0.2, 0.25) is 0 Å². The number of benzene rings is 1. The van der Waals surface area contributed by atoms with Crippen LogP contribution in [0.2, 0.25) is 0 Å². The molecule has 154 valence electrons. The van der Waals surface area contributed by atoms with E-state index < -0.39 is 12.0 Å². The van der Waals surface area contributed by atoms with E-state index in [4.69, 9.17) is 10.5 Å². The van der Waals surface area contributed by atoms with Crippen LogP contribution in [0.1, 0.15) is 49.1 Å². The molecule has 3 heterocycles. The number of nitrogens with one attached hydrogen (secondary N) is 1. The third-order valence-electron chi connectivity index (χ3n) is 5.14. The number of cyclic esters (lactones) is 1. The molecule has 0 saturated carbocycles. The number of hydrogen-bond acceptors (Lipinski definition) is 7. The van der Waals surface area contributed by atoms with Crippen LogP contribution < -0.4 is 11.1 Å². The molecule has 4 rings (SSSR count). The van der Waals surface area contributed by atoms with Gasteiger partial charge in [-0.05, 0) is 35.7 Å². The number of primary amides is 1. The molecule has 0 fully saturated rings. The van der Waals surface area contributed by atoms with Crippen LogP contribution in [0.15, 0.2) is 42.9 Å². The molecule has 0 aliphatic carbocycles. The summed E-state index contributed by atoms with van der Waals surface area (Å²) in [7, 11) is 0. The van der Waals surface area contributed by atoms with Gasteiger partial charge in [-0.3, -0.25) is 4.79 Å². The number of carbonyl (C=O) groups is 2. The lowest BCUT2D eigenvalue weighted by molar-refractivity contribution is 0.0534. The Balaban J connectivity index is 1.35. The number of nitrogens with two attached hydrogens (primary N) is 1. The molecule has 9 nitrogen and oxygen atoms in total. The van der Waals surface area contributed by atoms with Crippen LogP contribution in [0.5, 0.6) is 0 Å². The van der Waals surface area contributed by atoms with E-state index in [9.17, 15) is 14.7 Å². The normalized spacial score (nSPS) is 13.7. The number of pyridine rings is 1. The Labute approximate surface area is 172 Å². The molecule has 1 aliphatic heterocycles. The molecule has 1 aromatic carbocycles. The minimum atomic E-state index is -0.713. The number of aliphatic hydroxyl groups excluding tert-OH is 1. The van der Waals surface area contributed by atoms with Crippen LogP contribution in [-0.2, 0) is 17.9 Å². The maximum Gasteiger partial charge on any atom is 0.338 e. The van der Waals surface area contributed by atoms with Gasteiger partial charge < -0.3 is 20.9 Å². The second kappa shape index (κ2) is 8.05. The Morgan fingerprint density at radius 1 is 1.33 bits per heavy atom. The molecule has 1 amide bonds. The molecule has 4 N–H and O–H groups in total. The van der Waals surface area contributed by atoms with Gasteiger partial charge in [0.25, 0.3) is 5.91 Å². The third-order valence-corrected chi connectivity index (χ3v) is 5.14. The molecule has 1 unspecified atom stereocenters. The van der Waals surface area contributed by atoms with Crippen LogP contribution in [0.25, 0.3) is 5.82 Å². The number of ether oxygens (including phenoxy) is 1. The Bertz CT molecular complexity index is 1110. The number of nitrogens with zero attached hydrogens (tertiary/aromatic N) is 3. The highest BCUT2D eigenvalue weighted by atomic mass is 16.5. The second-order valence-corrected chi connectivity index (χ2v) is 7.09. The predicted molar refractivity (Wildman–Crippen MR) is 107 cm³/mol. The number of aliphatic hydroxyl groups is 1. The van der Waals surface area contributed by atoms with Gasteiger partial charge in [0.05, 0.1) is 23.4 Å². The third kappa shape index (κ3) is 3.80. The van der Waals surface area contributed by atoms with Crippen molar-refractivity contribution in [2.45, 2.75) is 26.2 Å². The molecule has 1 atom stereocenters. The Kier molecular flexibility index (Phi) is 5.30. The highest BCUT2D eigenvalue weighted by molar-refractivity contribution is 5.94. The van der Waals surface area contributed by atoms with E-state index in [2.05, 4.69) is 15.4 Å². The van der Waals surface area contributed by atoms with Crippen LogP contribution in [0.4, 0.5) is 0 Å². The highest BCUT2D eigenvalue weighted by Crippen LogP contribution is 2.28. The average Bonchev–Trinajstić information content (AvgIpc) is 3.37. The van der Waals surface area contributed by atoms with Gasteiger partial charge in [-0.25, -0.2) is 14.5 Å². The van der Waals surface area contributed by atoms with E-state index in [1.54, 1.807) is 24.4 Å². The first-order chi connectivity index (χ1) is 14.4. The number of carbonyl (C=O) groups excluding carboxylic acids is 2. The molecular formula is C21H21N5O4. The van der Waals surface area contributed by atoms with Crippen molar-refractivity contribution in [2.24, 2.45) is 5.73 Å². The van der Waals surface area contributed by atoms with Gasteiger partial charge in [-0.2, -0.15) is 5.10 Å². The van der Waals surface area contributed by atoms with Crippen molar-refractivity contribution in [3.63, 3.8) is 0 Å². The summed E-state index contributed by atoms with van der Waals surface area (Å²) in [5.41, 5.74) is 9.54. The fourth-order valence-corrected chi connectivity index (χ4v) is 3.42. The summed E-state index contributed by atoms with van der Waals surface area (Å²) in [6.07, 6.45) is 3.90. The first-order valence-electron chi connectivity index (χ1n) is 9.42. The number of amides is 1. The molecular weight excluding hydrogens is 386 g/mol. The van der Waals surface area contributed by atoms with E-state index in [0.29, 0.717) is 30.0 Å². The lowest BCUT2D eigenvalue weighted by Gasteiger charge is -2.16. The van der Waals surface area contributed by atoms with E-state index in [1.165, 1.54) is 17.1 Å². The second-order valence-electron chi connectivity index (χ2n) is 7.09. The molecule has 30 heavy (non-hydrogen) atoms. The Morgan fingerprint density at radius 2 is 2.17 bits per heavy atom. The molecule has 0 bridgehead atoms. The zero-order valence-electron chi connectivity index (χ0n) is 16.3. The number of hydrogen-bond donors (Lipinski definition) is 3. The summed E-state index contributed by atoms with van der Waals surface area (Å²) in [6.45, 7) is 3.00. The number of aromatic nitrogens is 3. The predicted octanol–water partition coefficient (Wildman–Crippen LogP) is 1.17. The summed E-state index contributed by atoms with van der Waals surface area (Å²) in [4.78, 5) is 27.1. The molecule has 1 aliphatic rings.